The smallest absolute Gasteiger partial charge is 0.372 e. The summed E-state index contributed by atoms with van der Waals surface area (Å²) in [5, 5.41) is 0. The first-order chi connectivity index (χ1) is 7.35. The van der Waals surface area contributed by atoms with Crippen LogP contribution in [0.3, 0.4) is 0 Å². The molecule has 0 fully saturated rings. The Morgan fingerprint density at radius 1 is 1.38 bits per heavy atom. The lowest BCUT2D eigenvalue weighted by molar-refractivity contribution is -0.141. The molecule has 1 atom stereocenters. The lowest BCUT2D eigenvalue weighted by Crippen LogP contribution is -2.36. The molecule has 0 spiro atoms. The molecule has 0 saturated heterocycles. The monoisotopic (exact) mass is 234 g/mol. The Balaban J connectivity index is 3.34. The molecule has 1 aromatic heterocycles. The normalized spacial score (nSPS) is 15.9. The van der Waals surface area contributed by atoms with Crippen molar-refractivity contribution in [2.75, 3.05) is 13.7 Å². The van der Waals surface area contributed by atoms with Crippen molar-refractivity contribution < 1.29 is 17.9 Å². The molecule has 3 nitrogen and oxygen atoms in total. The van der Waals surface area contributed by atoms with E-state index in [-0.39, 0.29) is 12.1 Å². The molecule has 0 saturated carbocycles. The Bertz CT molecular complexity index is 361. The summed E-state index contributed by atoms with van der Waals surface area (Å²) >= 11 is 0. The molecule has 16 heavy (non-hydrogen) atoms. The fourth-order valence-corrected chi connectivity index (χ4v) is 1.37. The van der Waals surface area contributed by atoms with Crippen LogP contribution in [0.4, 0.5) is 13.2 Å². The number of ether oxygens (including phenoxy) is 1. The largest absolute Gasteiger partial charge is 0.416 e. The third kappa shape index (κ3) is 2.33. The third-order valence-electron chi connectivity index (χ3n) is 2.54. The number of methoxy groups -OCH3 is 1. The summed E-state index contributed by atoms with van der Waals surface area (Å²) in [5.74, 6) is 0. The van der Waals surface area contributed by atoms with Crippen LogP contribution >= 0.6 is 0 Å². The van der Waals surface area contributed by atoms with E-state index in [9.17, 15) is 13.2 Å². The second kappa shape index (κ2) is 4.39. The van der Waals surface area contributed by atoms with Crippen molar-refractivity contribution in [3.8, 4) is 0 Å². The number of hydrogen-bond donors (Lipinski definition) is 1. The van der Waals surface area contributed by atoms with Gasteiger partial charge >= 0.3 is 6.18 Å². The van der Waals surface area contributed by atoms with Crippen LogP contribution in [0, 0.1) is 0 Å². The van der Waals surface area contributed by atoms with Crippen LogP contribution in [0.1, 0.15) is 18.1 Å². The molecule has 1 rings (SSSR count). The predicted molar refractivity (Wildman–Crippen MR) is 52.7 cm³/mol. The molecule has 1 aromatic rings. The van der Waals surface area contributed by atoms with Gasteiger partial charge in [-0.05, 0) is 13.0 Å². The van der Waals surface area contributed by atoms with Gasteiger partial charge in [0.05, 0.1) is 5.56 Å². The van der Waals surface area contributed by atoms with Gasteiger partial charge in [-0.25, -0.2) is 0 Å². The molecule has 0 amide bonds. The van der Waals surface area contributed by atoms with E-state index in [0.29, 0.717) is 0 Å². The standard InChI is InChI=1S/C10H13F3N2O/c1-9(6-14,16-2)8-5-15-4-3-7(8)10(11,12)13/h3-5H,6,14H2,1-2H3. The zero-order valence-corrected chi connectivity index (χ0v) is 9.01. The second-order valence-corrected chi connectivity index (χ2v) is 3.56. The van der Waals surface area contributed by atoms with E-state index in [1.54, 1.807) is 0 Å². The molecule has 1 heterocycles. The number of hydrogen-bond acceptors (Lipinski definition) is 3. The molecule has 1 unspecified atom stereocenters. The minimum atomic E-state index is -4.44. The highest BCUT2D eigenvalue weighted by molar-refractivity contribution is 5.31. The van der Waals surface area contributed by atoms with Gasteiger partial charge in [-0.2, -0.15) is 13.2 Å². The number of aromatic nitrogens is 1. The van der Waals surface area contributed by atoms with Crippen LogP contribution in [0.5, 0.6) is 0 Å². The first-order valence-electron chi connectivity index (χ1n) is 4.62. The number of nitrogens with zero attached hydrogens (tertiary/aromatic N) is 1. The maximum Gasteiger partial charge on any atom is 0.416 e. The average Bonchev–Trinajstić information content (AvgIpc) is 2.27. The molecular weight excluding hydrogens is 221 g/mol. The fourth-order valence-electron chi connectivity index (χ4n) is 1.37. The minimum absolute atomic E-state index is 0.0486. The molecule has 0 bridgehead atoms. The summed E-state index contributed by atoms with van der Waals surface area (Å²) in [6.45, 7) is 1.44. The first-order valence-corrected chi connectivity index (χ1v) is 4.62. The summed E-state index contributed by atoms with van der Waals surface area (Å²) in [5.41, 5.74) is 3.45. The van der Waals surface area contributed by atoms with E-state index in [1.807, 2.05) is 0 Å². The van der Waals surface area contributed by atoms with Gasteiger partial charge in [0, 0.05) is 31.6 Å². The SMILES string of the molecule is COC(C)(CN)c1cnccc1C(F)(F)F. The molecule has 0 radical (unpaired) electrons. The van der Waals surface area contributed by atoms with Gasteiger partial charge in [0.2, 0.25) is 0 Å². The van der Waals surface area contributed by atoms with Crippen molar-refractivity contribution in [1.29, 1.82) is 0 Å². The molecule has 0 aliphatic rings. The van der Waals surface area contributed by atoms with Gasteiger partial charge in [-0.1, -0.05) is 0 Å². The Morgan fingerprint density at radius 3 is 2.44 bits per heavy atom. The maximum absolute atomic E-state index is 12.7. The Labute approximate surface area is 91.4 Å². The highest BCUT2D eigenvalue weighted by Gasteiger charge is 2.39. The van der Waals surface area contributed by atoms with Crippen molar-refractivity contribution in [3.05, 3.63) is 29.6 Å². The van der Waals surface area contributed by atoms with Crippen molar-refractivity contribution in [2.45, 2.75) is 18.7 Å². The van der Waals surface area contributed by atoms with Crippen molar-refractivity contribution in [2.24, 2.45) is 5.73 Å². The third-order valence-corrected chi connectivity index (χ3v) is 2.54. The number of nitrogens with two attached hydrogens (primary N) is 1. The van der Waals surface area contributed by atoms with Gasteiger partial charge in [0.15, 0.2) is 0 Å². The number of pyridine rings is 1. The molecule has 2 N–H and O–H groups in total. The Kier molecular flexibility index (Phi) is 3.54. The summed E-state index contributed by atoms with van der Waals surface area (Å²) < 4.78 is 43.2. The number of alkyl halides is 3. The average molecular weight is 234 g/mol. The molecule has 0 aromatic carbocycles. The zero-order valence-electron chi connectivity index (χ0n) is 9.01. The van der Waals surface area contributed by atoms with Gasteiger partial charge < -0.3 is 10.5 Å². The summed E-state index contributed by atoms with van der Waals surface area (Å²) in [6.07, 6.45) is -2.20. The molecule has 0 aliphatic carbocycles. The van der Waals surface area contributed by atoms with E-state index in [1.165, 1.54) is 14.0 Å². The Hall–Kier alpha value is -1.14. The van der Waals surface area contributed by atoms with Crippen LogP contribution in [-0.2, 0) is 16.5 Å². The number of halogens is 3. The van der Waals surface area contributed by atoms with Gasteiger partial charge in [-0.3, -0.25) is 4.98 Å². The van der Waals surface area contributed by atoms with Crippen LogP contribution in [-0.4, -0.2) is 18.6 Å². The molecule has 6 heteroatoms. The van der Waals surface area contributed by atoms with Gasteiger partial charge in [0.25, 0.3) is 0 Å². The minimum Gasteiger partial charge on any atom is -0.372 e. The highest BCUT2D eigenvalue weighted by Crippen LogP contribution is 2.36. The predicted octanol–water partition coefficient (Wildman–Crippen LogP) is 1.92. The van der Waals surface area contributed by atoms with Crippen molar-refractivity contribution in [1.82, 2.24) is 4.98 Å². The molecule has 0 aliphatic heterocycles. The molecular formula is C10H13F3N2O. The summed E-state index contributed by atoms with van der Waals surface area (Å²) in [6, 6.07) is 0.919. The summed E-state index contributed by atoms with van der Waals surface area (Å²) in [4.78, 5) is 3.69. The fraction of sp³-hybridized carbons (Fsp3) is 0.500. The number of rotatable bonds is 3. The quantitative estimate of drug-likeness (QED) is 0.869. The lowest BCUT2D eigenvalue weighted by Gasteiger charge is -2.29. The van der Waals surface area contributed by atoms with E-state index >= 15 is 0 Å². The van der Waals surface area contributed by atoms with Gasteiger partial charge in [-0.15, -0.1) is 0 Å². The Morgan fingerprint density at radius 2 is 2.00 bits per heavy atom. The van der Waals surface area contributed by atoms with E-state index in [4.69, 9.17) is 10.5 Å². The van der Waals surface area contributed by atoms with Crippen molar-refractivity contribution >= 4 is 0 Å². The summed E-state index contributed by atoms with van der Waals surface area (Å²) in [7, 11) is 1.32. The van der Waals surface area contributed by atoms with Crippen molar-refractivity contribution in [3.63, 3.8) is 0 Å². The zero-order chi connectivity index (χ0) is 12.4. The van der Waals surface area contributed by atoms with E-state index < -0.39 is 17.3 Å². The van der Waals surface area contributed by atoms with Gasteiger partial charge in [0.1, 0.15) is 5.60 Å². The maximum atomic E-state index is 12.7. The van der Waals surface area contributed by atoms with Crippen LogP contribution in [0.2, 0.25) is 0 Å². The van der Waals surface area contributed by atoms with Crippen LogP contribution in [0.25, 0.3) is 0 Å². The first kappa shape index (κ1) is 12.9. The topological polar surface area (TPSA) is 48.1 Å². The van der Waals surface area contributed by atoms with Crippen LogP contribution in [0.15, 0.2) is 18.5 Å². The molecule has 90 valence electrons. The lowest BCUT2D eigenvalue weighted by atomic mass is 9.93. The second-order valence-electron chi connectivity index (χ2n) is 3.56. The van der Waals surface area contributed by atoms with E-state index in [2.05, 4.69) is 4.98 Å². The van der Waals surface area contributed by atoms with E-state index in [0.717, 1.165) is 18.5 Å². The highest BCUT2D eigenvalue weighted by atomic mass is 19.4. The van der Waals surface area contributed by atoms with Crippen LogP contribution < -0.4 is 5.73 Å².